The van der Waals surface area contributed by atoms with E-state index < -0.39 is 0 Å². The fraction of sp³-hybridized carbons (Fsp3) is 0.312. The van der Waals surface area contributed by atoms with E-state index in [9.17, 15) is 0 Å². The molecule has 1 aromatic carbocycles. The Bertz CT molecular complexity index is 708. The van der Waals surface area contributed by atoms with Crippen LogP contribution in [0.2, 0.25) is 0 Å². The number of benzene rings is 1. The van der Waals surface area contributed by atoms with Crippen LogP contribution in [-0.4, -0.2) is 9.97 Å². The fourth-order valence-electron chi connectivity index (χ4n) is 2.58. The van der Waals surface area contributed by atoms with Gasteiger partial charge in [-0.05, 0) is 24.0 Å². The molecule has 2 nitrogen and oxygen atoms in total. The van der Waals surface area contributed by atoms with Gasteiger partial charge < -0.3 is 4.98 Å². The Morgan fingerprint density at radius 1 is 1.22 bits per heavy atom. The van der Waals surface area contributed by atoms with Crippen molar-refractivity contribution in [3.63, 3.8) is 0 Å². The number of hydrogen-bond acceptors (Lipinski definition) is 1. The molecule has 0 unspecified atom stereocenters. The Kier molecular flexibility index (Phi) is 2.58. The van der Waals surface area contributed by atoms with E-state index in [4.69, 9.17) is 0 Å². The maximum Gasteiger partial charge on any atom is 0.0888 e. The molecule has 3 aromatic rings. The van der Waals surface area contributed by atoms with Crippen LogP contribution in [0.3, 0.4) is 0 Å². The number of aromatic amines is 1. The lowest BCUT2D eigenvalue weighted by molar-refractivity contribution is 0.876. The second-order valence-corrected chi connectivity index (χ2v) is 5.13. The summed E-state index contributed by atoms with van der Waals surface area (Å²) in [7, 11) is 0. The molecule has 2 heteroatoms. The summed E-state index contributed by atoms with van der Waals surface area (Å²) >= 11 is 0. The molecule has 2 heterocycles. The van der Waals surface area contributed by atoms with E-state index in [0.717, 1.165) is 11.9 Å². The summed E-state index contributed by atoms with van der Waals surface area (Å²) in [6.45, 7) is 6.61. The summed E-state index contributed by atoms with van der Waals surface area (Å²) in [6.07, 6.45) is 3.03. The summed E-state index contributed by atoms with van der Waals surface area (Å²) in [5.74, 6) is 0.522. The van der Waals surface area contributed by atoms with Crippen LogP contribution in [0.4, 0.5) is 0 Å². The molecule has 0 radical (unpaired) electrons. The minimum Gasteiger partial charge on any atom is -0.357 e. The molecule has 0 spiro atoms. The second-order valence-electron chi connectivity index (χ2n) is 5.13. The van der Waals surface area contributed by atoms with Gasteiger partial charge in [0, 0.05) is 22.7 Å². The molecule has 92 valence electrons. The Morgan fingerprint density at radius 2 is 2.06 bits per heavy atom. The average Bonchev–Trinajstić information content (AvgIpc) is 2.81. The SMILES string of the molecule is CCc1cc2ncc3c(C(C)C)cccc3c2[nH]1. The molecular weight excluding hydrogens is 220 g/mol. The maximum absolute atomic E-state index is 4.59. The number of rotatable bonds is 2. The van der Waals surface area contributed by atoms with Crippen LogP contribution in [0.25, 0.3) is 21.8 Å². The van der Waals surface area contributed by atoms with Crippen molar-refractivity contribution >= 4 is 21.8 Å². The number of fused-ring (bicyclic) bond motifs is 3. The number of nitrogens with one attached hydrogen (secondary N) is 1. The summed E-state index contributed by atoms with van der Waals surface area (Å²) in [4.78, 5) is 8.08. The Morgan fingerprint density at radius 3 is 2.78 bits per heavy atom. The van der Waals surface area contributed by atoms with Crippen LogP contribution in [0, 0.1) is 0 Å². The van der Waals surface area contributed by atoms with E-state index in [-0.39, 0.29) is 0 Å². The zero-order valence-electron chi connectivity index (χ0n) is 11.1. The van der Waals surface area contributed by atoms with Gasteiger partial charge in [0.05, 0.1) is 11.0 Å². The molecule has 0 aliphatic heterocycles. The van der Waals surface area contributed by atoms with Crippen molar-refractivity contribution in [2.45, 2.75) is 33.1 Å². The number of H-pyrrole nitrogens is 1. The van der Waals surface area contributed by atoms with Gasteiger partial charge in [-0.1, -0.05) is 39.0 Å². The quantitative estimate of drug-likeness (QED) is 0.704. The van der Waals surface area contributed by atoms with Crippen LogP contribution < -0.4 is 0 Å². The van der Waals surface area contributed by atoms with E-state index >= 15 is 0 Å². The van der Waals surface area contributed by atoms with E-state index in [1.54, 1.807) is 0 Å². The topological polar surface area (TPSA) is 28.7 Å². The first kappa shape index (κ1) is 11.3. The summed E-state index contributed by atoms with van der Waals surface area (Å²) in [5, 5.41) is 2.55. The first-order valence-electron chi connectivity index (χ1n) is 6.60. The predicted molar refractivity (Wildman–Crippen MR) is 77.1 cm³/mol. The average molecular weight is 238 g/mol. The number of hydrogen-bond donors (Lipinski definition) is 1. The molecule has 1 N–H and O–H groups in total. The Hall–Kier alpha value is -1.83. The predicted octanol–water partition coefficient (Wildman–Crippen LogP) is 4.40. The molecule has 0 bridgehead atoms. The third-order valence-electron chi connectivity index (χ3n) is 3.60. The maximum atomic E-state index is 4.59. The van der Waals surface area contributed by atoms with E-state index in [1.165, 1.54) is 27.5 Å². The standard InChI is InChI=1S/C16H18N2/c1-4-11-8-15-16(18-11)13-7-5-6-12(10(2)3)14(13)9-17-15/h5-10,18H,4H2,1-3H3. The van der Waals surface area contributed by atoms with Gasteiger partial charge in [0.25, 0.3) is 0 Å². The van der Waals surface area contributed by atoms with Crippen LogP contribution in [-0.2, 0) is 6.42 Å². The molecule has 0 saturated heterocycles. The molecule has 0 saturated carbocycles. The highest BCUT2D eigenvalue weighted by molar-refractivity contribution is 6.04. The van der Waals surface area contributed by atoms with Gasteiger partial charge in [0.2, 0.25) is 0 Å². The Labute approximate surface area is 107 Å². The van der Waals surface area contributed by atoms with Gasteiger partial charge >= 0.3 is 0 Å². The normalized spacial score (nSPS) is 11.8. The largest absolute Gasteiger partial charge is 0.357 e. The number of pyridine rings is 1. The van der Waals surface area contributed by atoms with Crippen LogP contribution in [0.15, 0.2) is 30.5 Å². The van der Waals surface area contributed by atoms with Gasteiger partial charge in [-0.25, -0.2) is 0 Å². The minimum atomic E-state index is 0.522. The van der Waals surface area contributed by atoms with Crippen LogP contribution in [0.5, 0.6) is 0 Å². The molecule has 18 heavy (non-hydrogen) atoms. The molecular formula is C16H18N2. The second kappa shape index (κ2) is 4.13. The molecule has 0 fully saturated rings. The van der Waals surface area contributed by atoms with Crippen LogP contribution >= 0.6 is 0 Å². The van der Waals surface area contributed by atoms with Gasteiger partial charge in [0.15, 0.2) is 0 Å². The highest BCUT2D eigenvalue weighted by Crippen LogP contribution is 2.29. The van der Waals surface area contributed by atoms with Crippen molar-refractivity contribution in [1.82, 2.24) is 9.97 Å². The Balaban J connectivity index is 2.40. The molecule has 0 atom stereocenters. The summed E-state index contributed by atoms with van der Waals surface area (Å²) in [5.41, 5.74) is 4.86. The van der Waals surface area contributed by atoms with E-state index in [0.29, 0.717) is 5.92 Å². The molecule has 0 aliphatic rings. The lowest BCUT2D eigenvalue weighted by Gasteiger charge is -2.09. The fourth-order valence-corrected chi connectivity index (χ4v) is 2.58. The molecule has 3 rings (SSSR count). The van der Waals surface area contributed by atoms with Gasteiger partial charge in [-0.15, -0.1) is 0 Å². The zero-order valence-corrected chi connectivity index (χ0v) is 11.1. The lowest BCUT2D eigenvalue weighted by Crippen LogP contribution is -1.90. The molecule has 0 amide bonds. The number of nitrogens with zero attached hydrogens (tertiary/aromatic N) is 1. The monoisotopic (exact) mass is 238 g/mol. The number of aromatic nitrogens is 2. The molecule has 2 aromatic heterocycles. The highest BCUT2D eigenvalue weighted by atomic mass is 14.8. The van der Waals surface area contributed by atoms with Crippen molar-refractivity contribution in [3.8, 4) is 0 Å². The van der Waals surface area contributed by atoms with E-state index in [1.807, 2.05) is 6.20 Å². The zero-order chi connectivity index (χ0) is 12.7. The van der Waals surface area contributed by atoms with Gasteiger partial charge in [0.1, 0.15) is 0 Å². The first-order valence-corrected chi connectivity index (χ1v) is 6.60. The molecule has 0 aliphatic carbocycles. The summed E-state index contributed by atoms with van der Waals surface area (Å²) in [6, 6.07) is 8.67. The highest BCUT2D eigenvalue weighted by Gasteiger charge is 2.09. The van der Waals surface area contributed by atoms with Crippen molar-refractivity contribution in [1.29, 1.82) is 0 Å². The van der Waals surface area contributed by atoms with Crippen LogP contribution in [0.1, 0.15) is 37.9 Å². The van der Waals surface area contributed by atoms with E-state index in [2.05, 4.69) is 55.0 Å². The van der Waals surface area contributed by atoms with Gasteiger partial charge in [-0.2, -0.15) is 0 Å². The van der Waals surface area contributed by atoms with Crippen molar-refractivity contribution in [3.05, 3.63) is 41.7 Å². The van der Waals surface area contributed by atoms with Crippen molar-refractivity contribution < 1.29 is 0 Å². The lowest BCUT2D eigenvalue weighted by atomic mass is 9.97. The minimum absolute atomic E-state index is 0.522. The first-order chi connectivity index (χ1) is 8.70. The number of aryl methyl sites for hydroxylation is 1. The third kappa shape index (κ3) is 1.60. The third-order valence-corrected chi connectivity index (χ3v) is 3.60. The van der Waals surface area contributed by atoms with Crippen molar-refractivity contribution in [2.24, 2.45) is 0 Å². The smallest absolute Gasteiger partial charge is 0.0888 e. The van der Waals surface area contributed by atoms with Crippen molar-refractivity contribution in [2.75, 3.05) is 0 Å². The summed E-state index contributed by atoms with van der Waals surface area (Å²) < 4.78 is 0. The van der Waals surface area contributed by atoms with Gasteiger partial charge in [-0.3, -0.25) is 4.98 Å².